The normalized spacial score (nSPS) is 14.9. The fourth-order valence-corrected chi connectivity index (χ4v) is 9.07. The largest absolute Gasteiger partial charge is 0.369 e. The number of pyridine rings is 2. The van der Waals surface area contributed by atoms with E-state index in [1.54, 1.807) is 45.8 Å². The Hall–Kier alpha value is -6.21. The van der Waals surface area contributed by atoms with Crippen LogP contribution in [-0.4, -0.2) is 120 Å². The Labute approximate surface area is 386 Å². The average Bonchev–Trinajstić information content (AvgIpc) is 3.30. The van der Waals surface area contributed by atoms with Gasteiger partial charge in [-0.05, 0) is 122 Å². The number of anilines is 6. The molecule has 18 heteroatoms. The lowest BCUT2D eigenvalue weighted by atomic mass is 10.1. The molecule has 6 heterocycles. The molecule has 0 bridgehead atoms. The summed E-state index contributed by atoms with van der Waals surface area (Å²) in [6, 6.07) is 26.4. The Morgan fingerprint density at radius 1 is 0.600 bits per heavy atom. The second-order valence-electron chi connectivity index (χ2n) is 16.3. The highest BCUT2D eigenvalue weighted by atomic mass is 79.9. The molecule has 0 unspecified atom stereocenters. The van der Waals surface area contributed by atoms with E-state index in [1.165, 1.54) is 23.5 Å². The van der Waals surface area contributed by atoms with Gasteiger partial charge in [-0.2, -0.15) is 9.97 Å². The summed E-state index contributed by atoms with van der Waals surface area (Å²) in [6.45, 7) is 13.2. The van der Waals surface area contributed by atoms with Crippen molar-refractivity contribution in [2.24, 2.45) is 0 Å². The predicted octanol–water partition coefficient (Wildman–Crippen LogP) is 6.45. The van der Waals surface area contributed by atoms with Crippen molar-refractivity contribution in [2.75, 3.05) is 93.1 Å². The van der Waals surface area contributed by atoms with Crippen LogP contribution in [0.4, 0.5) is 34.6 Å². The summed E-state index contributed by atoms with van der Waals surface area (Å²) < 4.78 is 27.4. The molecule has 2 saturated heterocycles. The van der Waals surface area contributed by atoms with Crippen molar-refractivity contribution in [3.05, 3.63) is 123 Å². The number of hydrogen-bond donors (Lipinski definition) is 2. The van der Waals surface area contributed by atoms with Gasteiger partial charge in [-0.1, -0.05) is 12.1 Å². The monoisotopic (exact) mass is 960 g/mol. The molecule has 3 aromatic carbocycles. The van der Waals surface area contributed by atoms with Gasteiger partial charge < -0.3 is 30.2 Å². The molecular formula is C47H53BrN12O4S. The van der Waals surface area contributed by atoms with Crippen molar-refractivity contribution >= 4 is 82.5 Å². The first kappa shape index (κ1) is 45.4. The zero-order valence-corrected chi connectivity index (χ0v) is 39.6. The van der Waals surface area contributed by atoms with E-state index in [-0.39, 0.29) is 16.0 Å². The van der Waals surface area contributed by atoms with Crippen molar-refractivity contribution in [1.29, 1.82) is 0 Å². The number of benzene rings is 3. The van der Waals surface area contributed by atoms with Crippen LogP contribution in [0.2, 0.25) is 0 Å². The molecule has 2 aliphatic rings. The summed E-state index contributed by atoms with van der Waals surface area (Å²) in [4.78, 5) is 53.4. The summed E-state index contributed by atoms with van der Waals surface area (Å²) in [7, 11) is 0.986. The number of likely N-dealkylation sites (N-methyl/N-ethyl adjacent to an activating group) is 2. The number of piperazine rings is 2. The van der Waals surface area contributed by atoms with E-state index in [1.807, 2.05) is 38.1 Å². The Morgan fingerprint density at radius 3 is 1.46 bits per heavy atom. The van der Waals surface area contributed by atoms with E-state index in [2.05, 4.69) is 104 Å². The van der Waals surface area contributed by atoms with Crippen LogP contribution in [-0.2, 0) is 22.9 Å². The van der Waals surface area contributed by atoms with Crippen molar-refractivity contribution in [1.82, 2.24) is 38.9 Å². The van der Waals surface area contributed by atoms with Gasteiger partial charge in [-0.15, -0.1) is 0 Å². The van der Waals surface area contributed by atoms with Crippen LogP contribution in [0.3, 0.4) is 0 Å². The molecule has 338 valence electrons. The van der Waals surface area contributed by atoms with E-state index in [9.17, 15) is 18.0 Å². The Bertz CT molecular complexity index is 3040. The van der Waals surface area contributed by atoms with Crippen molar-refractivity contribution in [2.45, 2.75) is 31.8 Å². The summed E-state index contributed by atoms with van der Waals surface area (Å²) in [5, 5.41) is 8.04. The number of nitrogens with zero attached hydrogens (tertiary/aromatic N) is 10. The molecule has 0 atom stereocenters. The zero-order chi connectivity index (χ0) is 45.8. The van der Waals surface area contributed by atoms with Gasteiger partial charge in [0.2, 0.25) is 11.9 Å². The minimum atomic E-state index is -3.31. The van der Waals surface area contributed by atoms with Crippen molar-refractivity contribution in [3.63, 3.8) is 0 Å². The minimum Gasteiger partial charge on any atom is -0.369 e. The van der Waals surface area contributed by atoms with Gasteiger partial charge >= 0.3 is 0 Å². The zero-order valence-electron chi connectivity index (χ0n) is 37.2. The molecular weight excluding hydrogens is 909 g/mol. The number of fused-ring (bicyclic) bond motifs is 2. The third kappa shape index (κ3) is 10.4. The second-order valence-corrected chi connectivity index (χ2v) is 19.2. The van der Waals surface area contributed by atoms with Gasteiger partial charge in [-0.3, -0.25) is 18.7 Å². The molecule has 7 aromatic rings. The van der Waals surface area contributed by atoms with Crippen LogP contribution in [0, 0.1) is 0 Å². The van der Waals surface area contributed by atoms with Gasteiger partial charge in [0.05, 0.1) is 9.37 Å². The van der Waals surface area contributed by atoms with Crippen LogP contribution >= 0.6 is 15.9 Å². The molecule has 2 N–H and O–H groups in total. The van der Waals surface area contributed by atoms with E-state index in [4.69, 9.17) is 0 Å². The Morgan fingerprint density at radius 2 is 1.03 bits per heavy atom. The summed E-state index contributed by atoms with van der Waals surface area (Å²) >= 11 is 3.31. The lowest BCUT2D eigenvalue weighted by Gasteiger charge is -2.34. The second kappa shape index (κ2) is 19.5. The van der Waals surface area contributed by atoms with Crippen molar-refractivity contribution < 1.29 is 8.42 Å². The number of rotatable bonds is 10. The maximum Gasteiger partial charge on any atom is 0.266 e. The molecule has 0 amide bonds. The fraction of sp³-hybridized carbons (Fsp3) is 0.319. The molecule has 65 heavy (non-hydrogen) atoms. The first-order valence-electron chi connectivity index (χ1n) is 21.7. The lowest BCUT2D eigenvalue weighted by Crippen LogP contribution is -2.44. The van der Waals surface area contributed by atoms with Crippen LogP contribution in [0.1, 0.15) is 13.8 Å². The molecule has 2 fully saturated rings. The molecule has 9 rings (SSSR count). The maximum atomic E-state index is 13.3. The van der Waals surface area contributed by atoms with Gasteiger partial charge in [0.1, 0.15) is 11.3 Å². The number of halogens is 1. The number of aryl methyl sites for hydroxylation is 2. The number of sulfone groups is 1. The van der Waals surface area contributed by atoms with E-state index in [0.29, 0.717) is 51.9 Å². The highest BCUT2D eigenvalue weighted by Crippen LogP contribution is 2.26. The molecule has 2 aliphatic heterocycles. The van der Waals surface area contributed by atoms with Gasteiger partial charge in [0.15, 0.2) is 9.84 Å². The molecule has 0 radical (unpaired) electrons. The molecule has 0 spiro atoms. The van der Waals surface area contributed by atoms with E-state index >= 15 is 0 Å². The predicted molar refractivity (Wildman–Crippen MR) is 264 cm³/mol. The fourth-order valence-electron chi connectivity index (χ4n) is 7.98. The van der Waals surface area contributed by atoms with Crippen LogP contribution in [0.25, 0.3) is 33.2 Å². The Balaban J connectivity index is 0.000000184. The molecule has 4 aromatic heterocycles. The first-order chi connectivity index (χ1) is 31.3. The van der Waals surface area contributed by atoms with E-state index in [0.717, 1.165) is 80.8 Å². The number of aromatic nitrogens is 6. The SMILES string of the molecule is CCn1c(=O)c(-c2ccc(S(C)(=O)=O)cc2)cc2cnc(Nc3ccc(N4CCN(C)CC4)cc3)nc21.CCn1c(=O)c(Br)cc2cnc(Nc3ccc(N4CCN(C)CC4)cc3)nc21. The maximum absolute atomic E-state index is 13.3. The standard InChI is InChI=1S/C27H30N6O3S.C20H23BrN6O/c1-4-33-25-20(17-24(26(33)34)19-5-11-23(12-6-19)37(3,35)36)18-28-27(30-25)29-21-7-9-22(10-8-21)32-15-13-31(2)14-16-32;1-3-27-18-14(12-17(21)19(27)28)13-22-20(24-18)23-15-4-6-16(7-5-15)26-10-8-25(2)9-11-26/h5-12,17-18H,4,13-16H2,1-3H3,(H,28,29,30);4-7,12-13H,3,8-11H2,1-2H3,(H,22,23,24). The van der Waals surface area contributed by atoms with Crippen LogP contribution < -0.4 is 31.6 Å². The molecule has 0 saturated carbocycles. The van der Waals surface area contributed by atoms with Crippen molar-refractivity contribution in [3.8, 4) is 11.1 Å². The molecule has 16 nitrogen and oxygen atoms in total. The van der Waals surface area contributed by atoms with Gasteiger partial charge in [0, 0.05) is 123 Å². The third-order valence-corrected chi connectivity index (χ3v) is 13.5. The van der Waals surface area contributed by atoms with E-state index < -0.39 is 9.84 Å². The van der Waals surface area contributed by atoms with Crippen LogP contribution in [0.15, 0.2) is 116 Å². The van der Waals surface area contributed by atoms with Crippen LogP contribution in [0.5, 0.6) is 0 Å². The summed E-state index contributed by atoms with van der Waals surface area (Å²) in [6.07, 6.45) is 4.59. The average molecular weight is 962 g/mol. The number of hydrogen-bond acceptors (Lipinski definition) is 14. The lowest BCUT2D eigenvalue weighted by molar-refractivity contribution is 0.313. The summed E-state index contributed by atoms with van der Waals surface area (Å²) in [5.41, 5.74) is 6.20. The molecule has 0 aliphatic carbocycles. The van der Waals surface area contributed by atoms with Gasteiger partial charge in [0.25, 0.3) is 11.1 Å². The highest BCUT2D eigenvalue weighted by molar-refractivity contribution is 9.10. The Kier molecular flexibility index (Phi) is 13.6. The third-order valence-electron chi connectivity index (χ3n) is 11.8. The smallest absolute Gasteiger partial charge is 0.266 e. The topological polar surface area (TPSA) is 167 Å². The highest BCUT2D eigenvalue weighted by Gasteiger charge is 2.18. The summed E-state index contributed by atoms with van der Waals surface area (Å²) in [5.74, 6) is 0.885. The van der Waals surface area contributed by atoms with Gasteiger partial charge in [-0.25, -0.2) is 18.4 Å². The number of nitrogens with one attached hydrogen (secondary N) is 2. The first-order valence-corrected chi connectivity index (χ1v) is 24.3. The minimum absolute atomic E-state index is 0.0869. The quantitative estimate of drug-likeness (QED) is 0.154.